The Balaban J connectivity index is 0.000000117. The Morgan fingerprint density at radius 2 is 0.910 bits per heavy atom. The summed E-state index contributed by atoms with van der Waals surface area (Å²) >= 11 is 15.6. The molecular formula is C97H97N21O6S10. The van der Waals surface area contributed by atoms with Crippen molar-refractivity contribution in [3.05, 3.63) is 206 Å². The predicted octanol–water partition coefficient (Wildman–Crippen LogP) is 23.7. The van der Waals surface area contributed by atoms with E-state index in [1.54, 1.807) is 74.2 Å². The summed E-state index contributed by atoms with van der Waals surface area (Å²) in [4.78, 5) is 121. The van der Waals surface area contributed by atoms with Crippen molar-refractivity contribution in [1.29, 1.82) is 0 Å². The fraction of sp³-hybridized carbons (Fsp3) is 0.278. The lowest BCUT2D eigenvalue weighted by molar-refractivity contribution is 0.0989. The smallest absolute Gasteiger partial charge is 0.321 e. The fourth-order valence-electron chi connectivity index (χ4n) is 15.8. The van der Waals surface area contributed by atoms with E-state index in [0.717, 1.165) is 203 Å². The maximum absolute atomic E-state index is 12.9. The molecular weight excluding hydrogens is 1880 g/mol. The van der Waals surface area contributed by atoms with E-state index in [2.05, 4.69) is 127 Å². The van der Waals surface area contributed by atoms with Crippen molar-refractivity contribution in [2.45, 2.75) is 87.0 Å². The summed E-state index contributed by atoms with van der Waals surface area (Å²) in [5, 5.41) is 25.5. The number of urea groups is 2. The van der Waals surface area contributed by atoms with Crippen LogP contribution in [0, 0.1) is 20.8 Å². The van der Waals surface area contributed by atoms with Crippen LogP contribution in [0.2, 0.25) is 0 Å². The van der Waals surface area contributed by atoms with E-state index in [0.29, 0.717) is 57.8 Å². The third kappa shape index (κ3) is 22.4. The minimum atomic E-state index is -0.228. The predicted molar refractivity (Wildman–Crippen MR) is 563 cm³/mol. The molecule has 37 heteroatoms. The largest absolute Gasteiger partial charge is 0.492 e. The van der Waals surface area contributed by atoms with Crippen LogP contribution in [0.25, 0.3) is 124 Å². The Morgan fingerprint density at radius 3 is 1.51 bits per heavy atom. The van der Waals surface area contributed by atoms with Crippen LogP contribution in [0.4, 0.5) is 35.8 Å². The van der Waals surface area contributed by atoms with E-state index < -0.39 is 0 Å². The van der Waals surface area contributed by atoms with Crippen LogP contribution < -0.4 is 41.5 Å². The van der Waals surface area contributed by atoms with E-state index >= 15 is 0 Å². The number of ketones is 1. The van der Waals surface area contributed by atoms with Crippen molar-refractivity contribution >= 4 is 293 Å². The molecule has 134 heavy (non-hydrogen) atoms. The number of piperidine rings is 2. The number of pyridine rings is 1. The number of likely N-dealkylation sites (N-methyl/N-ethyl adjacent to an activating group) is 1. The Labute approximate surface area is 812 Å². The minimum absolute atomic E-state index is 0. The first-order valence-corrected chi connectivity index (χ1v) is 52.1. The van der Waals surface area contributed by atoms with Crippen LogP contribution in [0.3, 0.4) is 0 Å². The Kier molecular flexibility index (Phi) is 30.3. The first kappa shape index (κ1) is 94.0. The van der Waals surface area contributed by atoms with Gasteiger partial charge in [0.1, 0.15) is 44.9 Å². The lowest BCUT2D eigenvalue weighted by Crippen LogP contribution is -2.39. The molecule has 20 aromatic rings. The average molecular weight is 1970 g/mol. The summed E-state index contributed by atoms with van der Waals surface area (Å²) < 4.78 is 16.9. The van der Waals surface area contributed by atoms with Crippen LogP contribution >= 0.6 is 113 Å². The maximum atomic E-state index is 12.9. The zero-order valence-corrected chi connectivity index (χ0v) is 82.0. The van der Waals surface area contributed by atoms with Gasteiger partial charge in [-0.15, -0.1) is 68.0 Å². The number of likely N-dealkylation sites (tertiary alicyclic amines) is 2. The molecule has 0 bridgehead atoms. The van der Waals surface area contributed by atoms with Crippen molar-refractivity contribution in [3.8, 4) is 5.75 Å². The van der Waals surface area contributed by atoms with E-state index in [1.807, 2.05) is 190 Å². The van der Waals surface area contributed by atoms with Gasteiger partial charge in [0.05, 0.1) is 119 Å². The Morgan fingerprint density at radius 1 is 0.418 bits per heavy atom. The fourth-order valence-corrected chi connectivity index (χ4v) is 24.9. The number of carbonyl (C=O) groups is 5. The molecule has 2 saturated heterocycles. The number of hydrogen-bond donors (Lipinski definition) is 6. The highest BCUT2D eigenvalue weighted by molar-refractivity contribution is 7.26. The number of aromatic nitrogens is 11. The van der Waals surface area contributed by atoms with E-state index in [1.165, 1.54) is 102 Å². The standard InChI is InChI=1S/C26H24N4O2S2.C21H21N3OS2.C18H10N4OS2.C16H19N5OS2.C15H19N5OS2.CH4/c31-25(29-26-28-21-8-9-22-23(24(21)34-26)27-16-33-22)19-5-4-18-15-20(7-6-17(18)14-19)32-13-12-30-10-2-1-3-11-30;1-4-24(5-2)15-8-6-14(7-9-15)17(25)12-19-23-16-10-11-18-20(21(16)27-19)22-13(3)26-18;23-17(11-7-10-3-1-2-4-12(10)19-8-11)22-18-21-13-5-6-14-15(16(13)25-18)20-9-24-14;22-15(17-6-9-21-7-2-1-3-8-21)20-16-19-11-4-5-12-13(14(11)24-16)18-10-23-12;1-8-7-10-12(17-9(2)22-10)13-11(8)18-15(23-13)19-14(21)16-5-6-20(3)4;/h4-9,14-16H,1-3,10-13H2,(H,28,29,31);6-11H,4-5,12H2,1-3H3;1-9H,(H,21,22,23);4-5,10H,1-3,6-9H2,(H2,17,19,20,22);7H,5-6H2,1-4H3,(H2,16,18,19,21);1H4. The third-order valence-electron chi connectivity index (χ3n) is 22.5. The van der Waals surface area contributed by atoms with Gasteiger partial charge in [-0.25, -0.2) is 59.4 Å². The zero-order valence-electron chi connectivity index (χ0n) is 73.8. The number of Topliss-reactive ketones (excluding diaryl/α,β-unsaturated/α-hetero) is 1. The molecule has 2 aliphatic heterocycles. The third-order valence-corrected chi connectivity index (χ3v) is 31.8. The van der Waals surface area contributed by atoms with Crippen molar-refractivity contribution < 1.29 is 28.7 Å². The summed E-state index contributed by atoms with van der Waals surface area (Å²) in [5.74, 6) is 0.583. The number of ether oxygens (including phenoxy) is 1. The number of nitrogens with one attached hydrogen (secondary N) is 6. The van der Waals surface area contributed by atoms with Crippen LogP contribution in [0.15, 0.2) is 168 Å². The minimum Gasteiger partial charge on any atom is -0.492 e. The van der Waals surface area contributed by atoms with Crippen LogP contribution in [0.5, 0.6) is 5.75 Å². The molecule has 11 aromatic heterocycles. The molecule has 6 amide bonds. The molecule has 0 spiro atoms. The van der Waals surface area contributed by atoms with Gasteiger partial charge in [0.15, 0.2) is 26.3 Å². The van der Waals surface area contributed by atoms with Crippen molar-refractivity contribution in [2.75, 3.05) is 119 Å². The van der Waals surface area contributed by atoms with Gasteiger partial charge in [-0.1, -0.05) is 95.9 Å². The molecule has 22 rings (SSSR count). The number of thiazole rings is 10. The van der Waals surface area contributed by atoms with E-state index in [4.69, 9.17) is 4.74 Å². The molecule has 0 unspecified atom stereocenters. The quantitative estimate of drug-likeness (QED) is 0.0343. The number of carbonyl (C=O) groups excluding carboxylic acids is 5. The Hall–Kier alpha value is -11.8. The highest BCUT2D eigenvalue weighted by atomic mass is 32.1. The second kappa shape index (κ2) is 43.2. The number of aryl methyl sites for hydroxylation is 3. The number of amides is 6. The summed E-state index contributed by atoms with van der Waals surface area (Å²) in [6, 6.07) is 47.0. The summed E-state index contributed by atoms with van der Waals surface area (Å²) in [7, 11) is 3.94. The van der Waals surface area contributed by atoms with Gasteiger partial charge in [0.2, 0.25) is 0 Å². The monoisotopic (exact) mass is 1970 g/mol. The van der Waals surface area contributed by atoms with Crippen molar-refractivity contribution in [3.63, 3.8) is 0 Å². The normalized spacial score (nSPS) is 13.0. The number of nitrogens with zero attached hydrogens (tertiary/aromatic N) is 15. The summed E-state index contributed by atoms with van der Waals surface area (Å²) in [5.41, 5.74) is 19.7. The molecule has 27 nitrogen and oxygen atoms in total. The van der Waals surface area contributed by atoms with E-state index in [-0.39, 0.29) is 37.1 Å². The number of hydrogen-bond acceptors (Lipinski definition) is 31. The van der Waals surface area contributed by atoms with Crippen LogP contribution in [0.1, 0.15) is 111 Å². The highest BCUT2D eigenvalue weighted by Crippen LogP contribution is 2.41. The molecule has 0 radical (unpaired) electrons. The zero-order chi connectivity index (χ0) is 91.6. The first-order valence-electron chi connectivity index (χ1n) is 43.8. The molecule has 0 aliphatic carbocycles. The molecule has 0 saturated carbocycles. The number of rotatable bonds is 22. The number of fused-ring (bicyclic) bond motifs is 17. The first-order chi connectivity index (χ1) is 64.8. The molecule has 686 valence electrons. The summed E-state index contributed by atoms with van der Waals surface area (Å²) in [6.45, 7) is 21.5. The lowest BCUT2D eigenvalue weighted by atomic mass is 10.1. The molecule has 2 fully saturated rings. The highest BCUT2D eigenvalue weighted by Gasteiger charge is 2.23. The van der Waals surface area contributed by atoms with Crippen LogP contribution in [-0.2, 0) is 6.42 Å². The maximum Gasteiger partial charge on any atom is 0.321 e. The van der Waals surface area contributed by atoms with E-state index in [9.17, 15) is 24.0 Å². The van der Waals surface area contributed by atoms with Crippen molar-refractivity contribution in [1.82, 2.24) is 80.2 Å². The van der Waals surface area contributed by atoms with Crippen molar-refractivity contribution in [2.24, 2.45) is 0 Å². The number of para-hydroxylation sites is 1. The second-order valence-electron chi connectivity index (χ2n) is 32.1. The molecule has 2 aliphatic rings. The molecule has 9 aromatic carbocycles. The lowest BCUT2D eigenvalue weighted by Gasteiger charge is -2.26. The van der Waals surface area contributed by atoms with Gasteiger partial charge < -0.3 is 30.1 Å². The molecule has 0 atom stereocenters. The summed E-state index contributed by atoms with van der Waals surface area (Å²) in [6.07, 6.45) is 9.71. The SMILES string of the molecule is C.CCN(CC)c1ccc(C(=O)Cc2nc3ccc4sc(C)nc4c3s2)cc1.Cc1nc2c(cc(C)c3nc(NC(=O)NCCN(C)C)sc32)s1.O=C(NCCN1CCCCC1)Nc1nc2ccc3scnc3c2s1.O=C(Nc1nc2ccc3scnc3c2s1)c1ccc2cc(OCCN3CCCCC3)ccc2c1.O=C(Nc1nc2ccc3scnc3c2s1)c1cnc2ccccc2c1. The average Bonchev–Trinajstić information content (AvgIpc) is 1.63. The topological polar surface area (TPSA) is 322 Å². The Bertz CT molecular complexity index is 7620. The van der Waals surface area contributed by atoms with Gasteiger partial charge >= 0.3 is 12.1 Å². The van der Waals surface area contributed by atoms with Gasteiger partial charge in [0.25, 0.3) is 11.8 Å². The van der Waals surface area contributed by atoms with Gasteiger partial charge in [0, 0.05) is 74.2 Å². The van der Waals surface area contributed by atoms with Gasteiger partial charge in [-0.05, 0) is 232 Å². The molecule has 13 heterocycles. The number of anilines is 5. The molecule has 6 N–H and O–H groups in total. The van der Waals surface area contributed by atoms with Gasteiger partial charge in [-0.3, -0.25) is 45.5 Å². The number of benzene rings is 9. The second-order valence-corrected chi connectivity index (χ2v) is 42.3. The van der Waals surface area contributed by atoms with Crippen LogP contribution in [-0.4, -0.2) is 192 Å². The van der Waals surface area contributed by atoms with Gasteiger partial charge in [-0.2, -0.15) is 0 Å².